The molecular weight excluding hydrogens is 310 g/mol. The third-order valence-corrected chi connectivity index (χ3v) is 4.42. The van der Waals surface area contributed by atoms with E-state index in [1.54, 1.807) is 17.5 Å². The van der Waals surface area contributed by atoms with Gasteiger partial charge < -0.3 is 14.7 Å². The van der Waals surface area contributed by atoms with Gasteiger partial charge in [0, 0.05) is 24.7 Å². The number of aryl methyl sites for hydroxylation is 2. The Hall–Kier alpha value is -2.34. The fourth-order valence-electron chi connectivity index (χ4n) is 2.34. The summed E-state index contributed by atoms with van der Waals surface area (Å²) < 4.78 is 5.78. The van der Waals surface area contributed by atoms with Gasteiger partial charge in [-0.05, 0) is 37.4 Å². The molecule has 3 aromatic rings. The molecule has 0 saturated carbocycles. The molecule has 0 radical (unpaired) electrons. The quantitative estimate of drug-likeness (QED) is 0.721. The SMILES string of the molecule is Cc1cnc([C@@H](C)NC(=O)CCc2ccc(-c3cccs3)o2)[nH]1. The fraction of sp³-hybridized carbons (Fsp3) is 0.294. The van der Waals surface area contributed by atoms with E-state index in [9.17, 15) is 4.79 Å². The molecule has 0 bridgehead atoms. The minimum atomic E-state index is -0.130. The number of imidazole rings is 1. The molecule has 6 heteroatoms. The lowest BCUT2D eigenvalue weighted by Gasteiger charge is -2.11. The van der Waals surface area contributed by atoms with Gasteiger partial charge in [-0.1, -0.05) is 6.07 Å². The number of furan rings is 1. The maximum absolute atomic E-state index is 12.0. The number of nitrogens with one attached hydrogen (secondary N) is 2. The summed E-state index contributed by atoms with van der Waals surface area (Å²) in [5.74, 6) is 2.44. The van der Waals surface area contributed by atoms with Crippen LogP contribution in [0.2, 0.25) is 0 Å². The number of nitrogens with zero attached hydrogens (tertiary/aromatic N) is 1. The van der Waals surface area contributed by atoms with Crippen molar-refractivity contribution in [3.8, 4) is 10.6 Å². The first-order valence-corrected chi connectivity index (χ1v) is 8.43. The lowest BCUT2D eigenvalue weighted by molar-refractivity contribution is -0.121. The zero-order valence-corrected chi connectivity index (χ0v) is 13.9. The predicted molar refractivity (Wildman–Crippen MR) is 90.2 cm³/mol. The predicted octanol–water partition coefficient (Wildman–Crippen LogP) is 3.85. The van der Waals surface area contributed by atoms with E-state index in [1.165, 1.54) is 0 Å². The van der Waals surface area contributed by atoms with Crippen LogP contribution in [0.4, 0.5) is 0 Å². The maximum Gasteiger partial charge on any atom is 0.221 e. The Labute approximate surface area is 138 Å². The average molecular weight is 329 g/mol. The van der Waals surface area contributed by atoms with Crippen LogP contribution in [0.5, 0.6) is 0 Å². The standard InChI is InChI=1S/C17H19N3O2S/c1-11-10-18-17(19-11)12(2)20-16(21)8-6-13-5-7-14(22-13)15-4-3-9-23-15/h3-5,7,9-10,12H,6,8H2,1-2H3,(H,18,19)(H,20,21)/t12-/m1/s1. The Morgan fingerprint density at radius 1 is 1.43 bits per heavy atom. The van der Waals surface area contributed by atoms with Crippen LogP contribution >= 0.6 is 11.3 Å². The number of hydrogen-bond donors (Lipinski definition) is 2. The second-order valence-corrected chi connectivity index (χ2v) is 6.43. The number of carbonyl (C=O) groups excluding carboxylic acids is 1. The maximum atomic E-state index is 12.0. The number of amides is 1. The minimum Gasteiger partial charge on any atom is -0.460 e. The van der Waals surface area contributed by atoms with Crippen LogP contribution in [0.15, 0.2) is 40.3 Å². The van der Waals surface area contributed by atoms with Gasteiger partial charge in [-0.2, -0.15) is 0 Å². The first-order chi connectivity index (χ1) is 11.1. The van der Waals surface area contributed by atoms with Crippen molar-refractivity contribution in [1.29, 1.82) is 0 Å². The Morgan fingerprint density at radius 3 is 3.00 bits per heavy atom. The van der Waals surface area contributed by atoms with Crippen LogP contribution in [0.1, 0.15) is 36.7 Å². The molecule has 5 nitrogen and oxygen atoms in total. The Bertz CT molecular complexity index is 773. The topological polar surface area (TPSA) is 70.9 Å². The minimum absolute atomic E-state index is 0.0133. The molecule has 0 aliphatic heterocycles. The summed E-state index contributed by atoms with van der Waals surface area (Å²) in [6.07, 6.45) is 2.73. The molecule has 3 aromatic heterocycles. The van der Waals surface area contributed by atoms with Crippen LogP contribution < -0.4 is 5.32 Å². The highest BCUT2D eigenvalue weighted by atomic mass is 32.1. The van der Waals surface area contributed by atoms with E-state index in [2.05, 4.69) is 15.3 Å². The van der Waals surface area contributed by atoms with Crippen LogP contribution in [0.25, 0.3) is 10.6 Å². The molecule has 0 spiro atoms. The van der Waals surface area contributed by atoms with E-state index >= 15 is 0 Å². The van der Waals surface area contributed by atoms with Gasteiger partial charge in [0.25, 0.3) is 0 Å². The van der Waals surface area contributed by atoms with Crippen molar-refractivity contribution in [3.05, 3.63) is 53.1 Å². The molecule has 0 fully saturated rings. The highest BCUT2D eigenvalue weighted by molar-refractivity contribution is 7.13. The van der Waals surface area contributed by atoms with E-state index in [4.69, 9.17) is 4.42 Å². The molecule has 0 saturated heterocycles. The molecule has 1 atom stereocenters. The smallest absolute Gasteiger partial charge is 0.221 e. The zero-order valence-electron chi connectivity index (χ0n) is 13.1. The van der Waals surface area contributed by atoms with Crippen molar-refractivity contribution < 1.29 is 9.21 Å². The van der Waals surface area contributed by atoms with Crippen molar-refractivity contribution in [2.24, 2.45) is 0 Å². The van der Waals surface area contributed by atoms with Crippen LogP contribution in [-0.2, 0) is 11.2 Å². The molecule has 1 amide bonds. The van der Waals surface area contributed by atoms with Crippen LogP contribution in [0.3, 0.4) is 0 Å². The largest absolute Gasteiger partial charge is 0.460 e. The van der Waals surface area contributed by atoms with Gasteiger partial charge in [-0.3, -0.25) is 4.79 Å². The van der Waals surface area contributed by atoms with Gasteiger partial charge >= 0.3 is 0 Å². The monoisotopic (exact) mass is 329 g/mol. The van der Waals surface area contributed by atoms with Crippen molar-refractivity contribution in [2.45, 2.75) is 32.7 Å². The normalized spacial score (nSPS) is 12.3. The molecular formula is C17H19N3O2S. The summed E-state index contributed by atoms with van der Waals surface area (Å²) in [7, 11) is 0. The van der Waals surface area contributed by atoms with Crippen molar-refractivity contribution in [1.82, 2.24) is 15.3 Å². The zero-order chi connectivity index (χ0) is 16.2. The number of H-pyrrole nitrogens is 1. The van der Waals surface area contributed by atoms with E-state index in [0.717, 1.165) is 27.9 Å². The summed E-state index contributed by atoms with van der Waals surface area (Å²) in [4.78, 5) is 20.5. The highest BCUT2D eigenvalue weighted by Gasteiger charge is 2.13. The number of thiophene rings is 1. The third-order valence-electron chi connectivity index (χ3n) is 3.53. The van der Waals surface area contributed by atoms with E-state index in [0.29, 0.717) is 12.8 Å². The molecule has 3 heterocycles. The average Bonchev–Trinajstić information content (AvgIpc) is 3.26. The lowest BCUT2D eigenvalue weighted by Crippen LogP contribution is -2.27. The first-order valence-electron chi connectivity index (χ1n) is 7.55. The Kier molecular flexibility index (Phi) is 4.62. The Balaban J connectivity index is 1.51. The van der Waals surface area contributed by atoms with Crippen LogP contribution in [-0.4, -0.2) is 15.9 Å². The van der Waals surface area contributed by atoms with Gasteiger partial charge in [0.15, 0.2) is 0 Å². The van der Waals surface area contributed by atoms with Gasteiger partial charge in [0.1, 0.15) is 17.3 Å². The van der Waals surface area contributed by atoms with E-state index in [1.807, 2.05) is 43.5 Å². The van der Waals surface area contributed by atoms with Gasteiger partial charge in [0.2, 0.25) is 5.91 Å². The van der Waals surface area contributed by atoms with Gasteiger partial charge in [0.05, 0.1) is 10.9 Å². The molecule has 120 valence electrons. The van der Waals surface area contributed by atoms with E-state index in [-0.39, 0.29) is 11.9 Å². The summed E-state index contributed by atoms with van der Waals surface area (Å²) in [6.45, 7) is 3.85. The highest BCUT2D eigenvalue weighted by Crippen LogP contribution is 2.26. The molecule has 0 aliphatic carbocycles. The van der Waals surface area contributed by atoms with Crippen molar-refractivity contribution in [2.75, 3.05) is 0 Å². The molecule has 2 N–H and O–H groups in total. The summed E-state index contributed by atoms with van der Waals surface area (Å²) in [6, 6.07) is 7.77. The number of aromatic nitrogens is 2. The number of rotatable bonds is 6. The van der Waals surface area contributed by atoms with Gasteiger partial charge in [-0.25, -0.2) is 4.98 Å². The number of carbonyl (C=O) groups is 1. The second kappa shape index (κ2) is 6.83. The van der Waals surface area contributed by atoms with Crippen LogP contribution in [0, 0.1) is 6.92 Å². The molecule has 0 aromatic carbocycles. The first kappa shape index (κ1) is 15.6. The Morgan fingerprint density at radius 2 is 2.30 bits per heavy atom. The summed E-state index contributed by atoms with van der Waals surface area (Å²) in [5, 5.41) is 4.96. The van der Waals surface area contributed by atoms with Crippen molar-refractivity contribution >= 4 is 17.2 Å². The molecule has 0 unspecified atom stereocenters. The molecule has 3 rings (SSSR count). The second-order valence-electron chi connectivity index (χ2n) is 5.48. The lowest BCUT2D eigenvalue weighted by atomic mass is 10.2. The molecule has 23 heavy (non-hydrogen) atoms. The molecule has 0 aliphatic rings. The summed E-state index contributed by atoms with van der Waals surface area (Å²) >= 11 is 1.64. The summed E-state index contributed by atoms with van der Waals surface area (Å²) in [5.41, 5.74) is 0.984. The fourth-order valence-corrected chi connectivity index (χ4v) is 3.02. The number of hydrogen-bond acceptors (Lipinski definition) is 4. The third kappa shape index (κ3) is 3.90. The van der Waals surface area contributed by atoms with Crippen molar-refractivity contribution in [3.63, 3.8) is 0 Å². The number of aromatic amines is 1. The van der Waals surface area contributed by atoms with Gasteiger partial charge in [-0.15, -0.1) is 11.3 Å². The van der Waals surface area contributed by atoms with E-state index < -0.39 is 0 Å².